The van der Waals surface area contributed by atoms with Crippen LogP contribution < -0.4 is 15.2 Å². The first kappa shape index (κ1) is 12.1. The number of aromatic nitrogens is 2. The molecule has 7 heteroatoms. The van der Waals surface area contributed by atoms with Gasteiger partial charge in [-0.05, 0) is 6.07 Å². The molecule has 2 aromatic rings. The van der Waals surface area contributed by atoms with Crippen LogP contribution in [0.15, 0.2) is 24.5 Å². The predicted molar refractivity (Wildman–Crippen MR) is 73.9 cm³/mol. The molecule has 4 rings (SSSR count). The van der Waals surface area contributed by atoms with E-state index in [1.165, 1.54) is 0 Å². The number of fused-ring (bicyclic) bond motifs is 2. The van der Waals surface area contributed by atoms with Gasteiger partial charge in [-0.1, -0.05) is 0 Å². The number of nitrogens with zero attached hydrogens (tertiary/aromatic N) is 3. The van der Waals surface area contributed by atoms with Crippen LogP contribution in [-0.4, -0.2) is 33.7 Å². The molecule has 0 saturated carbocycles. The van der Waals surface area contributed by atoms with E-state index in [0.717, 1.165) is 12.4 Å². The van der Waals surface area contributed by atoms with Crippen molar-refractivity contribution in [3.05, 3.63) is 35.9 Å². The van der Waals surface area contributed by atoms with Gasteiger partial charge in [-0.25, -0.2) is 4.98 Å². The lowest BCUT2D eigenvalue weighted by Crippen LogP contribution is -2.38. The molecular weight excluding hydrogens is 272 g/mol. The fraction of sp³-hybridized carbons (Fsp3) is 0.286. The number of hydrogen-bond donors (Lipinski definition) is 1. The highest BCUT2D eigenvalue weighted by Gasteiger charge is 2.26. The summed E-state index contributed by atoms with van der Waals surface area (Å²) in [5, 5.41) is 0. The molecule has 2 N–H and O–H groups in total. The van der Waals surface area contributed by atoms with Gasteiger partial charge in [0.15, 0.2) is 11.5 Å². The third-order valence-electron chi connectivity index (χ3n) is 3.81. The van der Waals surface area contributed by atoms with Crippen molar-refractivity contribution in [3.8, 4) is 11.5 Å². The van der Waals surface area contributed by atoms with Crippen LogP contribution in [0.4, 0.5) is 5.69 Å². The molecule has 3 heterocycles. The maximum absolute atomic E-state index is 12.7. The Morgan fingerprint density at radius 3 is 2.90 bits per heavy atom. The average molecular weight is 286 g/mol. The summed E-state index contributed by atoms with van der Waals surface area (Å²) >= 11 is 0. The third kappa shape index (κ3) is 1.89. The van der Waals surface area contributed by atoms with Crippen molar-refractivity contribution >= 4 is 11.6 Å². The van der Waals surface area contributed by atoms with Crippen LogP contribution in [0.25, 0.3) is 0 Å². The normalized spacial score (nSPS) is 15.9. The van der Waals surface area contributed by atoms with E-state index in [4.69, 9.17) is 15.2 Å². The van der Waals surface area contributed by atoms with Crippen LogP contribution in [0, 0.1) is 0 Å². The molecule has 108 valence electrons. The minimum Gasteiger partial charge on any atom is -0.454 e. The number of amides is 1. The number of carbonyl (C=O) groups excluding carboxylic acids is 1. The Balaban J connectivity index is 1.64. The standard InChI is InChI=1S/C14H14N4O3/c15-10-6-12-11(20-8-21-12)5-9(10)14(19)18-4-3-17-2-1-16-13(17)7-18/h1-2,5-6H,3-4,7-8,15H2. The van der Waals surface area contributed by atoms with Gasteiger partial charge in [0, 0.05) is 37.2 Å². The Kier molecular flexibility index (Phi) is 2.53. The Bertz CT molecular complexity index is 725. The molecule has 0 bridgehead atoms. The van der Waals surface area contributed by atoms with Gasteiger partial charge in [0.2, 0.25) is 6.79 Å². The number of nitrogen functional groups attached to an aromatic ring is 1. The van der Waals surface area contributed by atoms with Gasteiger partial charge >= 0.3 is 0 Å². The fourth-order valence-corrected chi connectivity index (χ4v) is 2.66. The molecule has 0 atom stereocenters. The zero-order valence-electron chi connectivity index (χ0n) is 11.3. The lowest BCUT2D eigenvalue weighted by Gasteiger charge is -2.28. The molecule has 2 aliphatic rings. The van der Waals surface area contributed by atoms with Gasteiger partial charge in [0.25, 0.3) is 5.91 Å². The Labute approximate surface area is 120 Å². The maximum atomic E-state index is 12.7. The van der Waals surface area contributed by atoms with E-state index in [-0.39, 0.29) is 12.7 Å². The van der Waals surface area contributed by atoms with Crippen molar-refractivity contribution in [1.82, 2.24) is 14.5 Å². The monoisotopic (exact) mass is 286 g/mol. The lowest BCUT2D eigenvalue weighted by molar-refractivity contribution is 0.0708. The number of hydrogen-bond acceptors (Lipinski definition) is 5. The Morgan fingerprint density at radius 2 is 2.05 bits per heavy atom. The van der Waals surface area contributed by atoms with E-state index in [2.05, 4.69) is 4.98 Å². The Hall–Kier alpha value is -2.70. The first-order chi connectivity index (χ1) is 10.2. The van der Waals surface area contributed by atoms with Crippen molar-refractivity contribution in [2.24, 2.45) is 0 Å². The molecule has 0 fully saturated rings. The zero-order chi connectivity index (χ0) is 14.4. The molecule has 1 aromatic heterocycles. The number of anilines is 1. The number of benzene rings is 1. The van der Waals surface area contributed by atoms with Gasteiger partial charge in [-0.3, -0.25) is 4.79 Å². The van der Waals surface area contributed by atoms with Gasteiger partial charge in [-0.2, -0.15) is 0 Å². The minimum atomic E-state index is -0.111. The molecular formula is C14H14N4O3. The highest BCUT2D eigenvalue weighted by atomic mass is 16.7. The highest BCUT2D eigenvalue weighted by Crippen LogP contribution is 2.36. The summed E-state index contributed by atoms with van der Waals surface area (Å²) in [7, 11) is 0. The van der Waals surface area contributed by atoms with Crippen molar-refractivity contribution in [2.75, 3.05) is 19.1 Å². The molecule has 2 aliphatic heterocycles. The largest absolute Gasteiger partial charge is 0.454 e. The summed E-state index contributed by atoms with van der Waals surface area (Å²) in [5.41, 5.74) is 6.82. The van der Waals surface area contributed by atoms with Crippen molar-refractivity contribution in [1.29, 1.82) is 0 Å². The highest BCUT2D eigenvalue weighted by molar-refractivity contribution is 6.00. The summed E-state index contributed by atoms with van der Waals surface area (Å²) in [4.78, 5) is 18.7. The van der Waals surface area contributed by atoms with Crippen molar-refractivity contribution in [2.45, 2.75) is 13.1 Å². The molecule has 0 unspecified atom stereocenters. The molecule has 0 spiro atoms. The summed E-state index contributed by atoms with van der Waals surface area (Å²) in [6.45, 7) is 2.02. The van der Waals surface area contributed by atoms with Crippen molar-refractivity contribution < 1.29 is 14.3 Å². The van der Waals surface area contributed by atoms with E-state index in [9.17, 15) is 4.79 Å². The van der Waals surface area contributed by atoms with Crippen LogP contribution in [0.2, 0.25) is 0 Å². The van der Waals surface area contributed by atoms with Crippen LogP contribution in [-0.2, 0) is 13.1 Å². The number of nitrogens with two attached hydrogens (primary N) is 1. The van der Waals surface area contributed by atoms with Gasteiger partial charge in [-0.15, -0.1) is 0 Å². The summed E-state index contributed by atoms with van der Waals surface area (Å²) in [6, 6.07) is 3.29. The zero-order valence-corrected chi connectivity index (χ0v) is 11.3. The number of ether oxygens (including phenoxy) is 2. The second kappa shape index (κ2) is 4.41. The van der Waals surface area contributed by atoms with E-state index in [1.807, 2.05) is 10.8 Å². The van der Waals surface area contributed by atoms with Crippen LogP contribution >= 0.6 is 0 Å². The summed E-state index contributed by atoms with van der Waals surface area (Å²) in [6.07, 6.45) is 3.67. The Morgan fingerprint density at radius 1 is 1.24 bits per heavy atom. The second-order valence-electron chi connectivity index (χ2n) is 5.06. The molecule has 21 heavy (non-hydrogen) atoms. The number of carbonyl (C=O) groups is 1. The number of rotatable bonds is 1. The molecule has 0 radical (unpaired) electrons. The van der Waals surface area contributed by atoms with Gasteiger partial charge in [0.1, 0.15) is 5.82 Å². The second-order valence-corrected chi connectivity index (χ2v) is 5.06. The topological polar surface area (TPSA) is 82.6 Å². The SMILES string of the molecule is Nc1cc2c(cc1C(=O)N1CCn3ccnc3C1)OCO2. The summed E-state index contributed by atoms with van der Waals surface area (Å²) in [5.74, 6) is 1.92. The predicted octanol–water partition coefficient (Wildman–Crippen LogP) is 0.850. The molecule has 1 amide bonds. The number of imidazole rings is 1. The van der Waals surface area contributed by atoms with E-state index in [0.29, 0.717) is 35.8 Å². The van der Waals surface area contributed by atoms with Crippen LogP contribution in [0.3, 0.4) is 0 Å². The van der Waals surface area contributed by atoms with Crippen molar-refractivity contribution in [3.63, 3.8) is 0 Å². The van der Waals surface area contributed by atoms with E-state index in [1.54, 1.807) is 23.2 Å². The van der Waals surface area contributed by atoms with E-state index < -0.39 is 0 Å². The molecule has 0 aliphatic carbocycles. The van der Waals surface area contributed by atoms with Crippen LogP contribution in [0.5, 0.6) is 11.5 Å². The fourth-order valence-electron chi connectivity index (χ4n) is 2.66. The minimum absolute atomic E-state index is 0.111. The van der Waals surface area contributed by atoms with Gasteiger partial charge < -0.3 is 24.7 Å². The molecule has 0 saturated heterocycles. The smallest absolute Gasteiger partial charge is 0.256 e. The lowest BCUT2D eigenvalue weighted by atomic mass is 10.1. The maximum Gasteiger partial charge on any atom is 0.256 e. The third-order valence-corrected chi connectivity index (χ3v) is 3.81. The van der Waals surface area contributed by atoms with E-state index >= 15 is 0 Å². The summed E-state index contributed by atoms with van der Waals surface area (Å²) < 4.78 is 12.6. The molecule has 7 nitrogen and oxygen atoms in total. The average Bonchev–Trinajstić information content (AvgIpc) is 3.12. The first-order valence-electron chi connectivity index (χ1n) is 6.71. The van der Waals surface area contributed by atoms with Crippen LogP contribution in [0.1, 0.15) is 16.2 Å². The van der Waals surface area contributed by atoms with Gasteiger partial charge in [0.05, 0.1) is 12.1 Å². The quantitative estimate of drug-likeness (QED) is 0.786. The molecule has 1 aromatic carbocycles. The first-order valence-corrected chi connectivity index (χ1v) is 6.71.